The van der Waals surface area contributed by atoms with Crippen LogP contribution in [0.3, 0.4) is 0 Å². The van der Waals surface area contributed by atoms with Gasteiger partial charge in [0.2, 0.25) is 0 Å². The van der Waals surface area contributed by atoms with Crippen molar-refractivity contribution in [2.24, 2.45) is 5.73 Å². The molecule has 1 unspecified atom stereocenters. The molecule has 0 aromatic carbocycles. The topological polar surface area (TPSA) is 63.3 Å². The van der Waals surface area contributed by atoms with Crippen LogP contribution in [0.5, 0.6) is 0 Å². The molecule has 0 aliphatic heterocycles. The van der Waals surface area contributed by atoms with Crippen LogP contribution >= 0.6 is 12.4 Å². The van der Waals surface area contributed by atoms with Crippen LogP contribution < -0.4 is 5.73 Å². The number of hydrogen-bond donors (Lipinski definition) is 2. The van der Waals surface area contributed by atoms with Gasteiger partial charge in [-0.3, -0.25) is 4.79 Å². The van der Waals surface area contributed by atoms with Crippen molar-refractivity contribution >= 4 is 18.4 Å². The summed E-state index contributed by atoms with van der Waals surface area (Å²) < 4.78 is 23.7. The summed E-state index contributed by atoms with van der Waals surface area (Å²) in [6, 6.07) is -2.10. The summed E-state index contributed by atoms with van der Waals surface area (Å²) >= 11 is 0. The molecule has 1 atom stereocenters. The highest BCUT2D eigenvalue weighted by atomic mass is 35.5. The maximum absolute atomic E-state index is 11.9. The monoisotopic (exact) mass is 175 g/mol. The van der Waals surface area contributed by atoms with Gasteiger partial charge in [0.15, 0.2) is 6.04 Å². The van der Waals surface area contributed by atoms with E-state index in [9.17, 15) is 13.6 Å². The molecule has 0 aromatic rings. The number of carboxylic acid groups (broad SMARTS) is 1. The molecular formula is C4H8ClF2NO2. The maximum atomic E-state index is 11.9. The van der Waals surface area contributed by atoms with E-state index in [2.05, 4.69) is 5.73 Å². The summed E-state index contributed by atoms with van der Waals surface area (Å²) in [5, 5.41) is 7.91. The van der Waals surface area contributed by atoms with Crippen molar-refractivity contribution in [2.75, 3.05) is 0 Å². The van der Waals surface area contributed by atoms with Gasteiger partial charge in [0.1, 0.15) is 0 Å². The van der Waals surface area contributed by atoms with Gasteiger partial charge in [0.05, 0.1) is 0 Å². The highest BCUT2D eigenvalue weighted by Crippen LogP contribution is 2.14. The summed E-state index contributed by atoms with van der Waals surface area (Å²) in [6.07, 6.45) is 0. The van der Waals surface area contributed by atoms with E-state index in [-0.39, 0.29) is 12.4 Å². The Labute approximate surface area is 62.6 Å². The molecule has 0 bridgehead atoms. The van der Waals surface area contributed by atoms with Crippen molar-refractivity contribution in [2.45, 2.75) is 18.9 Å². The van der Waals surface area contributed by atoms with Gasteiger partial charge < -0.3 is 10.8 Å². The minimum atomic E-state index is -3.34. The average Bonchev–Trinajstić information content (AvgIpc) is 1.62. The van der Waals surface area contributed by atoms with Crippen LogP contribution in [0.4, 0.5) is 8.78 Å². The van der Waals surface area contributed by atoms with E-state index in [4.69, 9.17) is 5.11 Å². The molecule has 0 fully saturated rings. The molecule has 0 saturated carbocycles. The van der Waals surface area contributed by atoms with Crippen LogP contribution in [0.15, 0.2) is 0 Å². The fraction of sp³-hybridized carbons (Fsp3) is 0.750. The number of halogens is 3. The molecule has 0 amide bonds. The van der Waals surface area contributed by atoms with Gasteiger partial charge in [-0.15, -0.1) is 12.4 Å². The van der Waals surface area contributed by atoms with Gasteiger partial charge in [0.25, 0.3) is 5.92 Å². The number of carbonyl (C=O) groups is 1. The third kappa shape index (κ3) is 3.58. The Hall–Kier alpha value is -0.420. The summed E-state index contributed by atoms with van der Waals surface area (Å²) in [5.41, 5.74) is 4.54. The van der Waals surface area contributed by atoms with Crippen LogP contribution in [0, 0.1) is 0 Å². The molecule has 0 aliphatic rings. The number of rotatable bonds is 2. The van der Waals surface area contributed by atoms with Crippen molar-refractivity contribution in [1.82, 2.24) is 0 Å². The average molecular weight is 176 g/mol. The Morgan fingerprint density at radius 2 is 2.00 bits per heavy atom. The Bertz CT molecular complexity index is 125. The van der Waals surface area contributed by atoms with E-state index in [1.54, 1.807) is 0 Å². The van der Waals surface area contributed by atoms with E-state index in [1.807, 2.05) is 0 Å². The van der Waals surface area contributed by atoms with E-state index < -0.39 is 17.9 Å². The minimum Gasteiger partial charge on any atom is -0.480 e. The number of alkyl halides is 2. The normalized spacial score (nSPS) is 13.6. The highest BCUT2D eigenvalue weighted by Gasteiger charge is 2.36. The molecule has 0 saturated heterocycles. The van der Waals surface area contributed by atoms with Gasteiger partial charge in [-0.1, -0.05) is 0 Å². The van der Waals surface area contributed by atoms with Gasteiger partial charge in [0, 0.05) is 6.92 Å². The third-order valence-corrected chi connectivity index (χ3v) is 0.812. The fourth-order valence-corrected chi connectivity index (χ4v) is 0.217. The summed E-state index contributed by atoms with van der Waals surface area (Å²) in [6.45, 7) is 0.464. The van der Waals surface area contributed by atoms with Crippen LogP contribution in [-0.4, -0.2) is 23.0 Å². The molecule has 0 aliphatic carbocycles. The molecule has 62 valence electrons. The first kappa shape index (κ1) is 12.3. The van der Waals surface area contributed by atoms with E-state index in [0.717, 1.165) is 0 Å². The van der Waals surface area contributed by atoms with Gasteiger partial charge in [-0.05, 0) is 0 Å². The second-order valence-electron chi connectivity index (χ2n) is 1.77. The van der Waals surface area contributed by atoms with Gasteiger partial charge in [-0.2, -0.15) is 0 Å². The Kier molecular flexibility index (Phi) is 4.51. The Morgan fingerprint density at radius 3 is 2.00 bits per heavy atom. The van der Waals surface area contributed by atoms with Crippen molar-refractivity contribution in [3.8, 4) is 0 Å². The molecule has 0 heterocycles. The van der Waals surface area contributed by atoms with Crippen LogP contribution in [0.1, 0.15) is 6.92 Å². The largest absolute Gasteiger partial charge is 0.480 e. The third-order valence-electron chi connectivity index (χ3n) is 0.812. The van der Waals surface area contributed by atoms with Crippen molar-refractivity contribution in [3.63, 3.8) is 0 Å². The molecule has 6 heteroatoms. The maximum Gasteiger partial charge on any atom is 0.326 e. The quantitative estimate of drug-likeness (QED) is 0.642. The summed E-state index contributed by atoms with van der Waals surface area (Å²) in [7, 11) is 0. The molecule has 3 nitrogen and oxygen atoms in total. The fourth-order valence-electron chi connectivity index (χ4n) is 0.217. The smallest absolute Gasteiger partial charge is 0.326 e. The lowest BCUT2D eigenvalue weighted by molar-refractivity contribution is -0.146. The number of hydrogen-bond acceptors (Lipinski definition) is 2. The Morgan fingerprint density at radius 1 is 1.70 bits per heavy atom. The SMILES string of the molecule is CC(F)(F)C(N)C(=O)O.Cl. The first-order valence-electron chi connectivity index (χ1n) is 2.22. The van der Waals surface area contributed by atoms with Crippen molar-refractivity contribution < 1.29 is 18.7 Å². The molecular weight excluding hydrogens is 167 g/mol. The van der Waals surface area contributed by atoms with E-state index in [1.165, 1.54) is 0 Å². The van der Waals surface area contributed by atoms with Gasteiger partial charge in [-0.25, -0.2) is 8.78 Å². The summed E-state index contributed by atoms with van der Waals surface area (Å²) in [5.74, 6) is -5.03. The lowest BCUT2D eigenvalue weighted by Crippen LogP contribution is -2.44. The number of nitrogens with two attached hydrogens (primary N) is 1. The van der Waals surface area contributed by atoms with Gasteiger partial charge >= 0.3 is 5.97 Å². The second kappa shape index (κ2) is 3.68. The summed E-state index contributed by atoms with van der Waals surface area (Å²) in [4.78, 5) is 9.74. The zero-order valence-corrected chi connectivity index (χ0v) is 5.99. The zero-order chi connectivity index (χ0) is 7.65. The molecule has 3 N–H and O–H groups in total. The van der Waals surface area contributed by atoms with E-state index >= 15 is 0 Å². The number of carboxylic acids is 1. The highest BCUT2D eigenvalue weighted by molar-refractivity contribution is 5.85. The standard InChI is InChI=1S/C4H7F2NO2.ClH/c1-4(5,6)2(7)3(8)9;/h2H,7H2,1H3,(H,8,9);1H. The molecule has 0 aromatic heterocycles. The van der Waals surface area contributed by atoms with Crippen molar-refractivity contribution in [3.05, 3.63) is 0 Å². The molecule has 0 radical (unpaired) electrons. The number of aliphatic carboxylic acids is 1. The molecule has 0 spiro atoms. The zero-order valence-electron chi connectivity index (χ0n) is 5.17. The van der Waals surface area contributed by atoms with E-state index in [0.29, 0.717) is 6.92 Å². The van der Waals surface area contributed by atoms with Crippen LogP contribution in [0.2, 0.25) is 0 Å². The minimum absolute atomic E-state index is 0. The first-order valence-corrected chi connectivity index (χ1v) is 2.22. The predicted octanol–water partition coefficient (Wildman–Crippen LogP) is 0.475. The Balaban J connectivity index is 0. The predicted molar refractivity (Wildman–Crippen MR) is 33.5 cm³/mol. The second-order valence-corrected chi connectivity index (χ2v) is 1.77. The van der Waals surface area contributed by atoms with Crippen molar-refractivity contribution in [1.29, 1.82) is 0 Å². The first-order chi connectivity index (χ1) is 3.85. The van der Waals surface area contributed by atoms with Crippen LogP contribution in [0.25, 0.3) is 0 Å². The lowest BCUT2D eigenvalue weighted by Gasteiger charge is -2.13. The van der Waals surface area contributed by atoms with Crippen LogP contribution in [-0.2, 0) is 4.79 Å². The lowest BCUT2D eigenvalue weighted by atomic mass is 10.2. The molecule has 0 rings (SSSR count). The molecule has 10 heavy (non-hydrogen) atoms.